The summed E-state index contributed by atoms with van der Waals surface area (Å²) in [6, 6.07) is 16.0. The maximum absolute atomic E-state index is 13.0. The highest BCUT2D eigenvalue weighted by molar-refractivity contribution is 7.83. The van der Waals surface area contributed by atoms with E-state index < -0.39 is 10.8 Å². The predicted octanol–water partition coefficient (Wildman–Crippen LogP) is 3.85. The van der Waals surface area contributed by atoms with Crippen LogP contribution in [0.2, 0.25) is 0 Å². The van der Waals surface area contributed by atoms with E-state index in [9.17, 15) is 9.00 Å². The highest BCUT2D eigenvalue weighted by Gasteiger charge is 2.31. The molecule has 0 aromatic heterocycles. The molecule has 0 radical (unpaired) electrons. The zero-order valence-electron chi connectivity index (χ0n) is 14.2. The maximum Gasteiger partial charge on any atom is 0.254 e. The summed E-state index contributed by atoms with van der Waals surface area (Å²) in [5.41, 5.74) is 4.12. The molecular weight excluding hydrogens is 318 g/mol. The fourth-order valence-corrected chi connectivity index (χ4v) is 4.14. The number of hydrogen-bond donors (Lipinski definition) is 0. The summed E-state index contributed by atoms with van der Waals surface area (Å²) >= 11 is 0. The van der Waals surface area contributed by atoms with Gasteiger partial charge in [0.1, 0.15) is 0 Å². The Bertz CT molecular complexity index is 772. The SMILES string of the molecule is Cc1ccccc1[C@@H]1CCCN1C(=O)c1cccc(C[S@](C)=O)c1. The van der Waals surface area contributed by atoms with Gasteiger partial charge in [-0.2, -0.15) is 0 Å². The minimum Gasteiger partial charge on any atom is -0.332 e. The first kappa shape index (κ1) is 16.9. The van der Waals surface area contributed by atoms with Crippen LogP contribution >= 0.6 is 0 Å². The number of hydrogen-bond acceptors (Lipinski definition) is 2. The summed E-state index contributed by atoms with van der Waals surface area (Å²) < 4.78 is 11.4. The first-order chi connectivity index (χ1) is 11.6. The highest BCUT2D eigenvalue weighted by atomic mass is 32.2. The molecule has 24 heavy (non-hydrogen) atoms. The Morgan fingerprint density at radius 3 is 2.75 bits per heavy atom. The van der Waals surface area contributed by atoms with Crippen molar-refractivity contribution in [2.75, 3.05) is 12.8 Å². The lowest BCUT2D eigenvalue weighted by Crippen LogP contribution is -2.31. The van der Waals surface area contributed by atoms with E-state index in [1.807, 2.05) is 41.3 Å². The molecule has 0 aliphatic carbocycles. The number of nitrogens with zero attached hydrogens (tertiary/aromatic N) is 1. The average molecular weight is 341 g/mol. The van der Waals surface area contributed by atoms with E-state index in [1.165, 1.54) is 11.1 Å². The van der Waals surface area contributed by atoms with Gasteiger partial charge in [0.15, 0.2) is 0 Å². The van der Waals surface area contributed by atoms with E-state index in [4.69, 9.17) is 0 Å². The van der Waals surface area contributed by atoms with Crippen LogP contribution < -0.4 is 0 Å². The third kappa shape index (κ3) is 3.59. The van der Waals surface area contributed by atoms with Crippen LogP contribution in [0.5, 0.6) is 0 Å². The van der Waals surface area contributed by atoms with E-state index in [0.717, 1.165) is 24.9 Å². The maximum atomic E-state index is 13.0. The van der Waals surface area contributed by atoms with Gasteiger partial charge in [-0.25, -0.2) is 0 Å². The molecule has 0 spiro atoms. The summed E-state index contributed by atoms with van der Waals surface area (Å²) in [7, 11) is -0.905. The number of benzene rings is 2. The van der Waals surface area contributed by atoms with Crippen molar-refractivity contribution in [1.82, 2.24) is 4.90 Å². The second kappa shape index (κ2) is 7.31. The van der Waals surface area contributed by atoms with Crippen LogP contribution in [-0.4, -0.2) is 27.8 Å². The van der Waals surface area contributed by atoms with Crippen LogP contribution in [-0.2, 0) is 16.6 Å². The molecule has 1 heterocycles. The zero-order valence-corrected chi connectivity index (χ0v) is 15.0. The molecule has 1 aliphatic rings. The third-order valence-electron chi connectivity index (χ3n) is 4.60. The second-order valence-corrected chi connectivity index (χ2v) is 7.87. The average Bonchev–Trinajstić information content (AvgIpc) is 3.03. The molecule has 0 bridgehead atoms. The second-order valence-electron chi connectivity index (χ2n) is 6.43. The van der Waals surface area contributed by atoms with Crippen LogP contribution in [0.25, 0.3) is 0 Å². The van der Waals surface area contributed by atoms with E-state index in [1.54, 1.807) is 6.26 Å². The predicted molar refractivity (Wildman–Crippen MR) is 98.4 cm³/mol. The highest BCUT2D eigenvalue weighted by Crippen LogP contribution is 2.34. The van der Waals surface area contributed by atoms with Crippen LogP contribution in [0.4, 0.5) is 0 Å². The standard InChI is InChI=1S/C20H23NO2S/c1-15-7-3-4-10-18(15)19-11-6-12-21(19)20(22)17-9-5-8-16(13-17)14-24(2)23/h3-5,7-10,13,19H,6,11-12,14H2,1-2H3/t19-,24-/m0/s1. The molecule has 0 saturated carbocycles. The van der Waals surface area contributed by atoms with Crippen molar-refractivity contribution < 1.29 is 9.00 Å². The van der Waals surface area contributed by atoms with Crippen molar-refractivity contribution >= 4 is 16.7 Å². The van der Waals surface area contributed by atoms with Crippen molar-refractivity contribution in [1.29, 1.82) is 0 Å². The van der Waals surface area contributed by atoms with Crippen LogP contribution in [0.15, 0.2) is 48.5 Å². The van der Waals surface area contributed by atoms with Crippen molar-refractivity contribution in [2.24, 2.45) is 0 Å². The van der Waals surface area contributed by atoms with Gasteiger partial charge in [0.2, 0.25) is 0 Å². The largest absolute Gasteiger partial charge is 0.332 e. The number of rotatable bonds is 4. The van der Waals surface area contributed by atoms with Crippen molar-refractivity contribution in [3.05, 3.63) is 70.8 Å². The van der Waals surface area contributed by atoms with Gasteiger partial charge >= 0.3 is 0 Å². The number of likely N-dealkylation sites (tertiary alicyclic amines) is 1. The van der Waals surface area contributed by atoms with Crippen LogP contribution in [0, 0.1) is 6.92 Å². The normalized spacial score (nSPS) is 18.6. The molecule has 1 saturated heterocycles. The van der Waals surface area contributed by atoms with Crippen molar-refractivity contribution in [2.45, 2.75) is 31.6 Å². The molecule has 3 rings (SSSR count). The van der Waals surface area contributed by atoms with E-state index in [0.29, 0.717) is 11.3 Å². The van der Waals surface area contributed by atoms with E-state index in [2.05, 4.69) is 19.1 Å². The van der Waals surface area contributed by atoms with Gasteiger partial charge in [0.25, 0.3) is 5.91 Å². The number of aryl methyl sites for hydroxylation is 1. The van der Waals surface area contributed by atoms with Crippen molar-refractivity contribution in [3.8, 4) is 0 Å². The summed E-state index contributed by atoms with van der Waals surface area (Å²) in [5, 5.41) is 0. The molecule has 0 N–H and O–H groups in total. The Hall–Kier alpha value is -1.94. The van der Waals surface area contributed by atoms with Gasteiger partial charge in [0.05, 0.1) is 6.04 Å². The fraction of sp³-hybridized carbons (Fsp3) is 0.350. The number of carbonyl (C=O) groups is 1. The summed E-state index contributed by atoms with van der Waals surface area (Å²) in [5.74, 6) is 0.562. The van der Waals surface area contributed by atoms with Crippen LogP contribution in [0.3, 0.4) is 0 Å². The van der Waals surface area contributed by atoms with Gasteiger partial charge in [-0.05, 0) is 48.6 Å². The Morgan fingerprint density at radius 1 is 1.21 bits per heavy atom. The molecule has 126 valence electrons. The minimum atomic E-state index is -0.905. The quantitative estimate of drug-likeness (QED) is 0.847. The first-order valence-corrected chi connectivity index (χ1v) is 10.0. The topological polar surface area (TPSA) is 37.4 Å². The van der Waals surface area contributed by atoms with Gasteiger partial charge in [-0.3, -0.25) is 9.00 Å². The lowest BCUT2D eigenvalue weighted by atomic mass is 9.99. The molecule has 2 aromatic rings. The van der Waals surface area contributed by atoms with Gasteiger partial charge < -0.3 is 4.90 Å². The van der Waals surface area contributed by atoms with Gasteiger partial charge in [0, 0.05) is 34.9 Å². The molecule has 3 nitrogen and oxygen atoms in total. The Kier molecular flexibility index (Phi) is 5.14. The molecule has 1 aliphatic heterocycles. The Labute approximate surface area is 146 Å². The fourth-order valence-electron chi connectivity index (χ4n) is 3.49. The number of carbonyl (C=O) groups excluding carboxylic acids is 1. The monoisotopic (exact) mass is 341 g/mol. The third-order valence-corrected chi connectivity index (χ3v) is 5.34. The smallest absolute Gasteiger partial charge is 0.254 e. The Morgan fingerprint density at radius 2 is 2.00 bits per heavy atom. The molecule has 0 unspecified atom stereocenters. The van der Waals surface area contributed by atoms with E-state index in [-0.39, 0.29) is 11.9 Å². The minimum absolute atomic E-state index is 0.0736. The van der Waals surface area contributed by atoms with E-state index >= 15 is 0 Å². The molecule has 1 amide bonds. The lowest BCUT2D eigenvalue weighted by Gasteiger charge is -2.26. The van der Waals surface area contributed by atoms with Gasteiger partial charge in [-0.15, -0.1) is 0 Å². The van der Waals surface area contributed by atoms with Crippen molar-refractivity contribution in [3.63, 3.8) is 0 Å². The molecule has 4 heteroatoms. The summed E-state index contributed by atoms with van der Waals surface area (Å²) in [6.45, 7) is 2.90. The first-order valence-electron chi connectivity index (χ1n) is 8.31. The van der Waals surface area contributed by atoms with Crippen LogP contribution in [0.1, 0.15) is 45.9 Å². The summed E-state index contributed by atoms with van der Waals surface area (Å²) in [4.78, 5) is 15.0. The molecule has 1 fully saturated rings. The summed E-state index contributed by atoms with van der Waals surface area (Å²) in [6.07, 6.45) is 3.72. The Balaban J connectivity index is 1.86. The molecule has 2 aromatic carbocycles. The molecular formula is C20H23NO2S. The number of amides is 1. The zero-order chi connectivity index (χ0) is 17.1. The lowest BCUT2D eigenvalue weighted by molar-refractivity contribution is 0.0735. The molecule has 2 atom stereocenters. The van der Waals surface area contributed by atoms with Gasteiger partial charge in [-0.1, -0.05) is 36.4 Å².